The molecule has 2 rings (SSSR count). The number of aryl methyl sites for hydroxylation is 1. The molecule has 1 aromatic carbocycles. The van der Waals surface area contributed by atoms with Crippen LogP contribution in [0.4, 0.5) is 4.79 Å². The first-order valence-corrected chi connectivity index (χ1v) is 10.0. The fourth-order valence-electron chi connectivity index (χ4n) is 2.18. The Hall–Kier alpha value is -1.72. The van der Waals surface area contributed by atoms with Gasteiger partial charge in [-0.1, -0.05) is 42.0 Å². The van der Waals surface area contributed by atoms with E-state index in [0.717, 1.165) is 11.5 Å². The molecule has 0 saturated carbocycles. The fourth-order valence-corrected chi connectivity index (χ4v) is 3.72. The fraction of sp³-hybridized carbons (Fsp3) is 0.316. The Morgan fingerprint density at radius 1 is 1.33 bits per heavy atom. The van der Waals surface area contributed by atoms with Crippen LogP contribution in [-0.4, -0.2) is 29.8 Å². The Bertz CT molecular complexity index is 623. The molecule has 0 radical (unpaired) electrons. The maximum absolute atomic E-state index is 12.3. The van der Waals surface area contributed by atoms with Crippen molar-refractivity contribution in [1.82, 2.24) is 10.2 Å². The SMILES string of the molecule is C=CCN(Cc1cccs1)C(=O)NCCSCc1ccc(C)cc1. The minimum absolute atomic E-state index is 0.0285. The van der Waals surface area contributed by atoms with Crippen molar-refractivity contribution in [3.63, 3.8) is 0 Å². The molecule has 0 aliphatic heterocycles. The van der Waals surface area contributed by atoms with Crippen molar-refractivity contribution in [1.29, 1.82) is 0 Å². The highest BCUT2D eigenvalue weighted by atomic mass is 32.2. The number of urea groups is 1. The highest BCUT2D eigenvalue weighted by molar-refractivity contribution is 7.98. The van der Waals surface area contributed by atoms with Gasteiger partial charge >= 0.3 is 6.03 Å². The molecule has 24 heavy (non-hydrogen) atoms. The summed E-state index contributed by atoms with van der Waals surface area (Å²) in [5.41, 5.74) is 2.60. The van der Waals surface area contributed by atoms with E-state index in [-0.39, 0.29) is 6.03 Å². The molecule has 0 aliphatic carbocycles. The number of amides is 2. The molecule has 3 nitrogen and oxygen atoms in total. The highest BCUT2D eigenvalue weighted by Crippen LogP contribution is 2.13. The molecule has 128 valence electrons. The Balaban J connectivity index is 1.68. The van der Waals surface area contributed by atoms with E-state index >= 15 is 0 Å². The van der Waals surface area contributed by atoms with Gasteiger partial charge < -0.3 is 10.2 Å². The quantitative estimate of drug-likeness (QED) is 0.520. The first-order valence-electron chi connectivity index (χ1n) is 7.98. The second-order valence-electron chi connectivity index (χ2n) is 5.52. The van der Waals surface area contributed by atoms with Crippen LogP contribution in [0.1, 0.15) is 16.0 Å². The van der Waals surface area contributed by atoms with E-state index in [0.29, 0.717) is 19.6 Å². The van der Waals surface area contributed by atoms with Gasteiger partial charge in [-0.3, -0.25) is 0 Å². The summed E-state index contributed by atoms with van der Waals surface area (Å²) in [5.74, 6) is 1.88. The van der Waals surface area contributed by atoms with Crippen molar-refractivity contribution < 1.29 is 4.79 Å². The lowest BCUT2D eigenvalue weighted by Gasteiger charge is -2.21. The summed E-state index contributed by atoms with van der Waals surface area (Å²) < 4.78 is 0. The molecule has 2 aromatic rings. The minimum Gasteiger partial charge on any atom is -0.337 e. The van der Waals surface area contributed by atoms with Gasteiger partial charge in [0.15, 0.2) is 0 Å². The number of rotatable bonds is 9. The van der Waals surface area contributed by atoms with E-state index in [2.05, 4.69) is 43.1 Å². The first-order chi connectivity index (χ1) is 11.7. The predicted molar refractivity (Wildman–Crippen MR) is 106 cm³/mol. The number of benzene rings is 1. The summed E-state index contributed by atoms with van der Waals surface area (Å²) in [7, 11) is 0. The smallest absolute Gasteiger partial charge is 0.318 e. The predicted octanol–water partition coefficient (Wildman–Crippen LogP) is 4.69. The largest absolute Gasteiger partial charge is 0.337 e. The second kappa shape index (κ2) is 10.2. The van der Waals surface area contributed by atoms with E-state index in [9.17, 15) is 4.79 Å². The molecule has 1 N–H and O–H groups in total. The zero-order valence-electron chi connectivity index (χ0n) is 14.0. The van der Waals surface area contributed by atoms with Gasteiger partial charge in [0.05, 0.1) is 6.54 Å². The van der Waals surface area contributed by atoms with Gasteiger partial charge in [-0.25, -0.2) is 4.79 Å². The summed E-state index contributed by atoms with van der Waals surface area (Å²) in [6, 6.07) is 12.6. The molecular weight excluding hydrogens is 336 g/mol. The van der Waals surface area contributed by atoms with Crippen LogP contribution in [0.25, 0.3) is 0 Å². The molecule has 0 spiro atoms. The zero-order chi connectivity index (χ0) is 17.2. The van der Waals surface area contributed by atoms with Crippen LogP contribution < -0.4 is 5.32 Å². The summed E-state index contributed by atoms with van der Waals surface area (Å²) >= 11 is 3.50. The molecule has 0 atom stereocenters. The molecule has 0 unspecified atom stereocenters. The van der Waals surface area contributed by atoms with E-state index in [1.54, 1.807) is 22.3 Å². The van der Waals surface area contributed by atoms with Crippen molar-refractivity contribution >= 4 is 29.1 Å². The van der Waals surface area contributed by atoms with Crippen LogP contribution in [0.15, 0.2) is 54.4 Å². The lowest BCUT2D eigenvalue weighted by molar-refractivity contribution is 0.202. The summed E-state index contributed by atoms with van der Waals surface area (Å²) in [4.78, 5) is 15.3. The van der Waals surface area contributed by atoms with E-state index in [1.165, 1.54) is 16.0 Å². The number of carbonyl (C=O) groups excluding carboxylic acids is 1. The summed E-state index contributed by atoms with van der Waals surface area (Å²) in [6.07, 6.45) is 1.76. The maximum atomic E-state index is 12.3. The number of nitrogens with zero attached hydrogens (tertiary/aromatic N) is 1. The van der Waals surface area contributed by atoms with Crippen LogP contribution in [0.2, 0.25) is 0 Å². The standard InChI is InChI=1S/C19H24N2OS2/c1-3-11-21(14-18-5-4-12-24-18)19(22)20-10-13-23-15-17-8-6-16(2)7-9-17/h3-9,12H,1,10-11,13-15H2,2H3,(H,20,22). The monoisotopic (exact) mass is 360 g/mol. The lowest BCUT2D eigenvalue weighted by Crippen LogP contribution is -2.40. The number of hydrogen-bond donors (Lipinski definition) is 1. The molecule has 1 aromatic heterocycles. The average molecular weight is 361 g/mol. The normalized spacial score (nSPS) is 10.4. The third-order valence-corrected chi connectivity index (χ3v) is 5.37. The topological polar surface area (TPSA) is 32.3 Å². The number of carbonyl (C=O) groups is 1. The van der Waals surface area contributed by atoms with Gasteiger partial charge in [0.25, 0.3) is 0 Å². The number of thioether (sulfide) groups is 1. The molecule has 1 heterocycles. The second-order valence-corrected chi connectivity index (χ2v) is 7.66. The molecule has 0 bridgehead atoms. The van der Waals surface area contributed by atoms with Gasteiger partial charge in [-0.05, 0) is 23.9 Å². The Labute approximate surface area is 152 Å². The van der Waals surface area contributed by atoms with Crippen molar-refractivity contribution in [3.05, 3.63) is 70.4 Å². The van der Waals surface area contributed by atoms with Gasteiger partial charge in [0.1, 0.15) is 0 Å². The lowest BCUT2D eigenvalue weighted by atomic mass is 10.2. The summed E-state index contributed by atoms with van der Waals surface area (Å²) in [5, 5.41) is 5.03. The molecule has 5 heteroatoms. The van der Waals surface area contributed by atoms with Gasteiger partial charge in [-0.2, -0.15) is 11.8 Å². The Morgan fingerprint density at radius 2 is 2.12 bits per heavy atom. The van der Waals surface area contributed by atoms with Gasteiger partial charge in [0.2, 0.25) is 0 Å². The van der Waals surface area contributed by atoms with Crippen molar-refractivity contribution in [3.8, 4) is 0 Å². The first kappa shape index (κ1) is 18.6. The molecule has 2 amide bonds. The minimum atomic E-state index is -0.0285. The Kier molecular flexibility index (Phi) is 7.92. The molecular formula is C19H24N2OS2. The van der Waals surface area contributed by atoms with E-state index in [4.69, 9.17) is 0 Å². The zero-order valence-corrected chi connectivity index (χ0v) is 15.7. The van der Waals surface area contributed by atoms with Crippen molar-refractivity contribution in [2.24, 2.45) is 0 Å². The Morgan fingerprint density at radius 3 is 2.79 bits per heavy atom. The summed E-state index contributed by atoms with van der Waals surface area (Å²) in [6.45, 7) is 7.69. The van der Waals surface area contributed by atoms with Crippen molar-refractivity contribution in [2.45, 2.75) is 19.2 Å². The third kappa shape index (κ3) is 6.42. The van der Waals surface area contributed by atoms with Crippen molar-refractivity contribution in [2.75, 3.05) is 18.8 Å². The molecule has 0 aliphatic rings. The maximum Gasteiger partial charge on any atom is 0.318 e. The van der Waals surface area contributed by atoms with Crippen LogP contribution in [0.5, 0.6) is 0 Å². The van der Waals surface area contributed by atoms with Crippen LogP contribution >= 0.6 is 23.1 Å². The van der Waals surface area contributed by atoms with Gasteiger partial charge in [0, 0.05) is 29.5 Å². The van der Waals surface area contributed by atoms with E-state index < -0.39 is 0 Å². The number of nitrogens with one attached hydrogen (secondary N) is 1. The van der Waals surface area contributed by atoms with Gasteiger partial charge in [-0.15, -0.1) is 17.9 Å². The third-order valence-electron chi connectivity index (χ3n) is 3.48. The number of hydrogen-bond acceptors (Lipinski definition) is 3. The van der Waals surface area contributed by atoms with E-state index in [1.807, 2.05) is 29.3 Å². The highest BCUT2D eigenvalue weighted by Gasteiger charge is 2.12. The number of thiophene rings is 1. The molecule has 0 saturated heterocycles. The van der Waals surface area contributed by atoms with Crippen LogP contribution in [-0.2, 0) is 12.3 Å². The van der Waals surface area contributed by atoms with Crippen LogP contribution in [0.3, 0.4) is 0 Å². The van der Waals surface area contributed by atoms with Crippen LogP contribution in [0, 0.1) is 6.92 Å². The molecule has 0 fully saturated rings. The average Bonchev–Trinajstić information content (AvgIpc) is 3.09.